The number of carbonyl (C=O) groups is 1. The molecule has 0 aromatic carbocycles. The summed E-state index contributed by atoms with van der Waals surface area (Å²) >= 11 is 0. The van der Waals surface area contributed by atoms with Gasteiger partial charge in [-0.2, -0.15) is 0 Å². The minimum Gasteiger partial charge on any atom is -0.485 e. The molecule has 108 valence electrons. The molecule has 2 fully saturated rings. The van der Waals surface area contributed by atoms with Gasteiger partial charge in [-0.25, -0.2) is 4.98 Å². The van der Waals surface area contributed by atoms with Crippen molar-refractivity contribution >= 4 is 5.97 Å². The maximum absolute atomic E-state index is 11.9. The van der Waals surface area contributed by atoms with Crippen molar-refractivity contribution in [3.05, 3.63) is 17.8 Å². The van der Waals surface area contributed by atoms with Gasteiger partial charge >= 0.3 is 5.97 Å². The highest BCUT2D eigenvalue weighted by atomic mass is 16.6. The average molecular weight is 275 g/mol. The molecule has 0 spiro atoms. The van der Waals surface area contributed by atoms with Gasteiger partial charge in [0.2, 0.25) is 0 Å². The highest BCUT2D eigenvalue weighted by molar-refractivity contribution is 5.77. The first-order valence-electron chi connectivity index (χ1n) is 7.53. The molecule has 4 heteroatoms. The quantitative estimate of drug-likeness (QED) is 0.772. The molecular weight excluding hydrogens is 254 g/mol. The largest absolute Gasteiger partial charge is 0.485 e. The second-order valence-corrected chi connectivity index (χ2v) is 6.03. The van der Waals surface area contributed by atoms with Crippen LogP contribution in [-0.4, -0.2) is 17.1 Å². The van der Waals surface area contributed by atoms with E-state index in [1.807, 2.05) is 26.0 Å². The van der Waals surface area contributed by atoms with E-state index >= 15 is 0 Å². The Balaban J connectivity index is 1.81. The van der Waals surface area contributed by atoms with Crippen molar-refractivity contribution in [2.45, 2.75) is 58.0 Å². The summed E-state index contributed by atoms with van der Waals surface area (Å²) in [4.78, 5) is 16.4. The van der Waals surface area contributed by atoms with Gasteiger partial charge in [-0.1, -0.05) is 6.42 Å². The van der Waals surface area contributed by atoms with E-state index in [0.29, 0.717) is 17.5 Å². The molecule has 0 aliphatic heterocycles. The van der Waals surface area contributed by atoms with Gasteiger partial charge in [0.15, 0.2) is 5.75 Å². The standard InChI is InChI=1S/C16H21NO3/c1-10(2)19-14-9-8-13(11-4-3-5-11)17-15(14)20-16(18)12-6-7-12/h8-12H,3-7H2,1-2H3. The molecule has 1 heterocycles. The minimum atomic E-state index is -0.170. The lowest BCUT2D eigenvalue weighted by Crippen LogP contribution is -2.16. The number of esters is 1. The number of rotatable bonds is 5. The molecule has 0 radical (unpaired) electrons. The van der Waals surface area contributed by atoms with Crippen LogP contribution in [0.4, 0.5) is 0 Å². The van der Waals surface area contributed by atoms with Crippen LogP contribution in [0.1, 0.15) is 57.6 Å². The van der Waals surface area contributed by atoms with Gasteiger partial charge in [0.25, 0.3) is 5.88 Å². The Morgan fingerprint density at radius 2 is 2.00 bits per heavy atom. The summed E-state index contributed by atoms with van der Waals surface area (Å²) in [6.07, 6.45) is 5.50. The lowest BCUT2D eigenvalue weighted by Gasteiger charge is -2.25. The SMILES string of the molecule is CC(C)Oc1ccc(C2CCC2)nc1OC(=O)C1CC1. The molecule has 2 aliphatic rings. The van der Waals surface area contributed by atoms with Crippen LogP contribution in [0, 0.1) is 5.92 Å². The van der Waals surface area contributed by atoms with Crippen LogP contribution in [0.15, 0.2) is 12.1 Å². The number of ether oxygens (including phenoxy) is 2. The van der Waals surface area contributed by atoms with E-state index in [-0.39, 0.29) is 18.0 Å². The lowest BCUT2D eigenvalue weighted by atomic mass is 9.83. The molecule has 0 bridgehead atoms. The fourth-order valence-electron chi connectivity index (χ4n) is 2.29. The Hall–Kier alpha value is -1.58. The van der Waals surface area contributed by atoms with Gasteiger partial charge in [-0.05, 0) is 51.7 Å². The normalized spacial score (nSPS) is 18.8. The number of nitrogens with zero attached hydrogens (tertiary/aromatic N) is 1. The van der Waals surface area contributed by atoms with Crippen molar-refractivity contribution in [2.24, 2.45) is 5.92 Å². The van der Waals surface area contributed by atoms with E-state index in [2.05, 4.69) is 4.98 Å². The van der Waals surface area contributed by atoms with Crippen molar-refractivity contribution in [1.82, 2.24) is 4.98 Å². The smallest absolute Gasteiger partial charge is 0.315 e. The van der Waals surface area contributed by atoms with Crippen LogP contribution in [0.3, 0.4) is 0 Å². The van der Waals surface area contributed by atoms with Crippen LogP contribution in [-0.2, 0) is 4.79 Å². The minimum absolute atomic E-state index is 0.0322. The van der Waals surface area contributed by atoms with Crippen LogP contribution in [0.5, 0.6) is 11.6 Å². The third-order valence-corrected chi connectivity index (χ3v) is 3.84. The van der Waals surface area contributed by atoms with Crippen LogP contribution < -0.4 is 9.47 Å². The fourth-order valence-corrected chi connectivity index (χ4v) is 2.29. The number of aromatic nitrogens is 1. The van der Waals surface area contributed by atoms with Gasteiger partial charge in [0, 0.05) is 11.6 Å². The maximum atomic E-state index is 11.9. The van der Waals surface area contributed by atoms with Crippen molar-refractivity contribution in [3.8, 4) is 11.6 Å². The van der Waals surface area contributed by atoms with Gasteiger partial charge in [0.05, 0.1) is 12.0 Å². The highest BCUT2D eigenvalue weighted by Gasteiger charge is 2.33. The summed E-state index contributed by atoms with van der Waals surface area (Å²) in [5, 5.41) is 0. The zero-order valence-electron chi connectivity index (χ0n) is 12.1. The average Bonchev–Trinajstić information content (AvgIpc) is 3.13. The summed E-state index contributed by atoms with van der Waals surface area (Å²) < 4.78 is 11.1. The van der Waals surface area contributed by atoms with Crippen molar-refractivity contribution in [2.75, 3.05) is 0 Å². The topological polar surface area (TPSA) is 48.4 Å². The number of pyridine rings is 1. The van der Waals surface area contributed by atoms with Crippen LogP contribution in [0.2, 0.25) is 0 Å². The Kier molecular flexibility index (Phi) is 3.64. The Labute approximate surface area is 119 Å². The van der Waals surface area contributed by atoms with Crippen molar-refractivity contribution in [1.29, 1.82) is 0 Å². The molecule has 3 rings (SSSR count). The van der Waals surface area contributed by atoms with Crippen molar-refractivity contribution in [3.63, 3.8) is 0 Å². The number of hydrogen-bond donors (Lipinski definition) is 0. The predicted octanol–water partition coefficient (Wildman–Crippen LogP) is 3.45. The molecule has 0 saturated heterocycles. The van der Waals surface area contributed by atoms with Crippen LogP contribution >= 0.6 is 0 Å². The molecule has 1 aromatic heterocycles. The van der Waals surface area contributed by atoms with Crippen molar-refractivity contribution < 1.29 is 14.3 Å². The maximum Gasteiger partial charge on any atom is 0.315 e. The first-order chi connectivity index (χ1) is 9.63. The molecule has 0 amide bonds. The van der Waals surface area contributed by atoms with E-state index in [9.17, 15) is 4.79 Å². The van der Waals surface area contributed by atoms with E-state index in [0.717, 1.165) is 18.5 Å². The zero-order valence-corrected chi connectivity index (χ0v) is 12.1. The van der Waals surface area contributed by atoms with E-state index < -0.39 is 0 Å². The molecule has 0 unspecified atom stereocenters. The summed E-state index contributed by atoms with van der Waals surface area (Å²) in [6.45, 7) is 3.90. The second-order valence-electron chi connectivity index (χ2n) is 6.03. The fraction of sp³-hybridized carbons (Fsp3) is 0.625. The first-order valence-corrected chi connectivity index (χ1v) is 7.53. The van der Waals surface area contributed by atoms with Gasteiger partial charge in [0.1, 0.15) is 0 Å². The predicted molar refractivity (Wildman–Crippen MR) is 75.0 cm³/mol. The molecular formula is C16H21NO3. The van der Waals surface area contributed by atoms with E-state index in [1.165, 1.54) is 19.3 Å². The Morgan fingerprint density at radius 3 is 2.55 bits per heavy atom. The van der Waals surface area contributed by atoms with E-state index in [1.54, 1.807) is 0 Å². The third kappa shape index (κ3) is 2.94. The molecule has 1 aromatic rings. The highest BCUT2D eigenvalue weighted by Crippen LogP contribution is 2.39. The summed E-state index contributed by atoms with van der Waals surface area (Å²) in [5.74, 6) is 1.33. The summed E-state index contributed by atoms with van der Waals surface area (Å²) in [5.41, 5.74) is 1.02. The van der Waals surface area contributed by atoms with Gasteiger partial charge < -0.3 is 9.47 Å². The lowest BCUT2D eigenvalue weighted by molar-refractivity contribution is -0.136. The van der Waals surface area contributed by atoms with Crippen LogP contribution in [0.25, 0.3) is 0 Å². The number of hydrogen-bond acceptors (Lipinski definition) is 4. The third-order valence-electron chi connectivity index (χ3n) is 3.84. The monoisotopic (exact) mass is 275 g/mol. The molecule has 20 heavy (non-hydrogen) atoms. The van der Waals surface area contributed by atoms with E-state index in [4.69, 9.17) is 9.47 Å². The molecule has 2 aliphatic carbocycles. The molecule has 4 nitrogen and oxygen atoms in total. The summed E-state index contributed by atoms with van der Waals surface area (Å²) in [6, 6.07) is 3.88. The zero-order chi connectivity index (χ0) is 14.1. The molecule has 0 atom stereocenters. The second kappa shape index (κ2) is 5.43. The van der Waals surface area contributed by atoms with Gasteiger partial charge in [-0.3, -0.25) is 4.79 Å². The first kappa shape index (κ1) is 13.4. The number of carbonyl (C=O) groups excluding carboxylic acids is 1. The molecule has 2 saturated carbocycles. The van der Waals surface area contributed by atoms with Gasteiger partial charge in [-0.15, -0.1) is 0 Å². The molecule has 0 N–H and O–H groups in total. The summed E-state index contributed by atoms with van der Waals surface area (Å²) in [7, 11) is 0. The Morgan fingerprint density at radius 1 is 1.25 bits per heavy atom. The Bertz CT molecular complexity index is 504.